The third-order valence-corrected chi connectivity index (χ3v) is 5.91. The second kappa shape index (κ2) is 8.03. The van der Waals surface area contributed by atoms with Gasteiger partial charge in [0.25, 0.3) is 5.91 Å². The van der Waals surface area contributed by atoms with Crippen molar-refractivity contribution in [3.63, 3.8) is 0 Å². The number of carbonyl (C=O) groups excluding carboxylic acids is 2. The lowest BCUT2D eigenvalue weighted by atomic mass is 10.1. The second-order valence-electron chi connectivity index (χ2n) is 7.46. The first-order valence-electron chi connectivity index (χ1n) is 9.65. The van der Waals surface area contributed by atoms with E-state index in [1.807, 2.05) is 4.90 Å². The Morgan fingerprint density at radius 2 is 1.69 bits per heavy atom. The molecule has 152 valence electrons. The third kappa shape index (κ3) is 4.08. The minimum Gasteiger partial charge on any atom is -0.496 e. The molecule has 1 saturated heterocycles. The molecule has 1 saturated carbocycles. The fraction of sp³-hybridized carbons (Fsp3) is 0.364. The lowest BCUT2D eigenvalue weighted by Crippen LogP contribution is -2.51. The fourth-order valence-electron chi connectivity index (χ4n) is 3.93. The SMILES string of the molecule is COc1ccc(Cl)cc1C(=O)N1CCN(C(=O)C2CC2c2ccc(F)cc2)CC1. The third-order valence-electron chi connectivity index (χ3n) is 5.68. The van der Waals surface area contributed by atoms with E-state index in [4.69, 9.17) is 16.3 Å². The van der Waals surface area contributed by atoms with Gasteiger partial charge in [0, 0.05) is 37.1 Å². The molecule has 4 rings (SSSR count). The van der Waals surface area contributed by atoms with Gasteiger partial charge >= 0.3 is 0 Å². The van der Waals surface area contributed by atoms with Gasteiger partial charge in [-0.05, 0) is 48.2 Å². The molecule has 2 aliphatic rings. The number of piperazine rings is 1. The van der Waals surface area contributed by atoms with Crippen LogP contribution in [-0.2, 0) is 4.79 Å². The van der Waals surface area contributed by atoms with Crippen LogP contribution in [0.5, 0.6) is 5.75 Å². The molecule has 0 spiro atoms. The average Bonchev–Trinajstić information content (AvgIpc) is 3.54. The first kappa shape index (κ1) is 19.7. The zero-order valence-electron chi connectivity index (χ0n) is 16.1. The van der Waals surface area contributed by atoms with Crippen molar-refractivity contribution in [1.29, 1.82) is 0 Å². The van der Waals surface area contributed by atoms with Crippen molar-refractivity contribution in [3.8, 4) is 5.75 Å². The van der Waals surface area contributed by atoms with Gasteiger partial charge in [0.05, 0.1) is 12.7 Å². The molecule has 2 unspecified atom stereocenters. The maximum absolute atomic E-state index is 13.1. The average molecular weight is 417 g/mol. The Kier molecular flexibility index (Phi) is 5.46. The van der Waals surface area contributed by atoms with E-state index < -0.39 is 0 Å². The summed E-state index contributed by atoms with van der Waals surface area (Å²) in [5.74, 6) is 0.306. The molecule has 0 radical (unpaired) electrons. The first-order chi connectivity index (χ1) is 14.0. The van der Waals surface area contributed by atoms with Gasteiger partial charge in [-0.15, -0.1) is 0 Å². The van der Waals surface area contributed by atoms with E-state index in [0.29, 0.717) is 42.5 Å². The molecule has 0 N–H and O–H groups in total. The summed E-state index contributed by atoms with van der Waals surface area (Å²) >= 11 is 6.04. The highest BCUT2D eigenvalue weighted by Gasteiger charge is 2.46. The monoisotopic (exact) mass is 416 g/mol. The van der Waals surface area contributed by atoms with E-state index in [0.717, 1.165) is 12.0 Å². The van der Waals surface area contributed by atoms with Crippen LogP contribution in [0.15, 0.2) is 42.5 Å². The number of ether oxygens (including phenoxy) is 1. The summed E-state index contributed by atoms with van der Waals surface area (Å²) < 4.78 is 18.4. The smallest absolute Gasteiger partial charge is 0.257 e. The summed E-state index contributed by atoms with van der Waals surface area (Å²) in [5.41, 5.74) is 1.44. The van der Waals surface area contributed by atoms with Crippen molar-refractivity contribution in [3.05, 3.63) is 64.4 Å². The van der Waals surface area contributed by atoms with Crippen molar-refractivity contribution in [2.24, 2.45) is 5.92 Å². The molecule has 1 aliphatic carbocycles. The molecule has 7 heteroatoms. The number of methoxy groups -OCH3 is 1. The van der Waals surface area contributed by atoms with Crippen molar-refractivity contribution >= 4 is 23.4 Å². The summed E-state index contributed by atoms with van der Waals surface area (Å²) in [4.78, 5) is 29.2. The molecule has 0 bridgehead atoms. The van der Waals surface area contributed by atoms with Crippen molar-refractivity contribution in [1.82, 2.24) is 9.80 Å². The molecule has 2 aromatic rings. The minimum atomic E-state index is -0.269. The Morgan fingerprint density at radius 1 is 1.03 bits per heavy atom. The molecule has 2 atom stereocenters. The molecule has 1 aliphatic heterocycles. The van der Waals surface area contributed by atoms with Gasteiger partial charge in [0.2, 0.25) is 5.91 Å². The van der Waals surface area contributed by atoms with Crippen LogP contribution in [0.3, 0.4) is 0 Å². The minimum absolute atomic E-state index is 0.0456. The quantitative estimate of drug-likeness (QED) is 0.765. The van der Waals surface area contributed by atoms with Gasteiger partial charge in [-0.3, -0.25) is 9.59 Å². The summed E-state index contributed by atoms with van der Waals surface area (Å²) in [6.07, 6.45) is 0.795. The number of hydrogen-bond acceptors (Lipinski definition) is 3. The summed E-state index contributed by atoms with van der Waals surface area (Å²) in [6, 6.07) is 11.3. The molecule has 0 aromatic heterocycles. The Hall–Kier alpha value is -2.60. The highest BCUT2D eigenvalue weighted by atomic mass is 35.5. The van der Waals surface area contributed by atoms with E-state index in [2.05, 4.69) is 0 Å². The Balaban J connectivity index is 1.35. The Bertz CT molecular complexity index is 926. The number of rotatable bonds is 4. The largest absolute Gasteiger partial charge is 0.496 e. The van der Waals surface area contributed by atoms with E-state index in [9.17, 15) is 14.0 Å². The van der Waals surface area contributed by atoms with Crippen molar-refractivity contribution in [2.75, 3.05) is 33.3 Å². The van der Waals surface area contributed by atoms with Crippen molar-refractivity contribution in [2.45, 2.75) is 12.3 Å². The van der Waals surface area contributed by atoms with E-state index in [1.165, 1.54) is 19.2 Å². The molecular formula is C22H22ClFN2O3. The Labute approximate surface area is 174 Å². The highest BCUT2D eigenvalue weighted by Crippen LogP contribution is 2.48. The molecule has 2 aromatic carbocycles. The summed E-state index contributed by atoms with van der Waals surface area (Å²) in [5, 5.41) is 0.475. The molecule has 2 amide bonds. The Morgan fingerprint density at radius 3 is 2.34 bits per heavy atom. The van der Waals surface area contributed by atoms with Gasteiger partial charge < -0.3 is 14.5 Å². The highest BCUT2D eigenvalue weighted by molar-refractivity contribution is 6.31. The second-order valence-corrected chi connectivity index (χ2v) is 7.90. The maximum Gasteiger partial charge on any atom is 0.257 e. The summed E-state index contributed by atoms with van der Waals surface area (Å²) in [7, 11) is 1.52. The standard InChI is InChI=1S/C22H22ClFN2O3/c1-29-20-7-4-15(23)12-19(20)22(28)26-10-8-25(9-11-26)21(27)18-13-17(18)14-2-5-16(24)6-3-14/h2-7,12,17-18H,8-11,13H2,1H3. The number of carbonyl (C=O) groups is 2. The van der Waals surface area contributed by atoms with Gasteiger partial charge in [-0.25, -0.2) is 4.39 Å². The fourth-order valence-corrected chi connectivity index (χ4v) is 4.10. The molecule has 1 heterocycles. The number of halogens is 2. The zero-order chi connectivity index (χ0) is 20.5. The lowest BCUT2D eigenvalue weighted by molar-refractivity contribution is -0.134. The van der Waals surface area contributed by atoms with E-state index >= 15 is 0 Å². The molecule has 29 heavy (non-hydrogen) atoms. The predicted octanol–water partition coefficient (Wildman–Crippen LogP) is 3.58. The van der Waals surface area contributed by atoms with Crippen LogP contribution >= 0.6 is 11.6 Å². The van der Waals surface area contributed by atoms with Crippen LogP contribution in [0.4, 0.5) is 4.39 Å². The van der Waals surface area contributed by atoms with Crippen LogP contribution < -0.4 is 4.74 Å². The topological polar surface area (TPSA) is 49.9 Å². The van der Waals surface area contributed by atoms with Crippen LogP contribution in [0.1, 0.15) is 28.3 Å². The number of benzene rings is 2. The lowest BCUT2D eigenvalue weighted by Gasteiger charge is -2.35. The number of amides is 2. The van der Waals surface area contributed by atoms with Crippen LogP contribution in [-0.4, -0.2) is 54.9 Å². The van der Waals surface area contributed by atoms with Crippen molar-refractivity contribution < 1.29 is 18.7 Å². The normalized spacial score (nSPS) is 21.1. The van der Waals surface area contributed by atoms with Gasteiger partial charge in [-0.1, -0.05) is 23.7 Å². The molecular weight excluding hydrogens is 395 g/mol. The predicted molar refractivity (Wildman–Crippen MR) is 108 cm³/mol. The van der Waals surface area contributed by atoms with Crippen LogP contribution in [0.2, 0.25) is 5.02 Å². The first-order valence-corrected chi connectivity index (χ1v) is 10.0. The summed E-state index contributed by atoms with van der Waals surface area (Å²) in [6.45, 7) is 1.93. The van der Waals surface area contributed by atoms with Crippen LogP contribution in [0, 0.1) is 11.7 Å². The molecule has 5 nitrogen and oxygen atoms in total. The van der Waals surface area contributed by atoms with Crippen LogP contribution in [0.25, 0.3) is 0 Å². The van der Waals surface area contributed by atoms with E-state index in [1.54, 1.807) is 35.2 Å². The van der Waals surface area contributed by atoms with E-state index in [-0.39, 0.29) is 29.5 Å². The molecule has 2 fully saturated rings. The number of nitrogens with zero attached hydrogens (tertiary/aromatic N) is 2. The van der Waals surface area contributed by atoms with Gasteiger partial charge in [0.1, 0.15) is 11.6 Å². The maximum atomic E-state index is 13.1. The number of hydrogen-bond donors (Lipinski definition) is 0. The van der Waals surface area contributed by atoms with Gasteiger partial charge in [-0.2, -0.15) is 0 Å². The zero-order valence-corrected chi connectivity index (χ0v) is 16.9. The van der Waals surface area contributed by atoms with Gasteiger partial charge in [0.15, 0.2) is 0 Å².